The first kappa shape index (κ1) is 24.0. The minimum atomic E-state index is -1.20. The fourth-order valence-corrected chi connectivity index (χ4v) is 6.64. The van der Waals surface area contributed by atoms with Crippen LogP contribution in [0.15, 0.2) is 42.5 Å². The predicted molar refractivity (Wildman–Crippen MR) is 134 cm³/mol. The Bertz CT molecular complexity index is 1060. The van der Waals surface area contributed by atoms with Crippen LogP contribution in [0, 0.1) is 17.8 Å². The summed E-state index contributed by atoms with van der Waals surface area (Å²) >= 11 is 0. The zero-order valence-corrected chi connectivity index (χ0v) is 21.3. The van der Waals surface area contributed by atoms with Crippen LogP contribution in [0.25, 0.3) is 0 Å². The monoisotopic (exact) mass is 479 g/mol. The van der Waals surface area contributed by atoms with Crippen molar-refractivity contribution < 1.29 is 19.1 Å². The maximum atomic E-state index is 14.1. The van der Waals surface area contributed by atoms with Crippen LogP contribution in [0.3, 0.4) is 0 Å². The van der Waals surface area contributed by atoms with Gasteiger partial charge >= 0.3 is 0 Å². The van der Waals surface area contributed by atoms with E-state index in [2.05, 4.69) is 17.6 Å². The van der Waals surface area contributed by atoms with Gasteiger partial charge in [0.05, 0.1) is 17.4 Å². The van der Waals surface area contributed by atoms with Gasteiger partial charge in [0.25, 0.3) is 0 Å². The minimum Gasteiger partial charge on any atom is -0.356 e. The number of ether oxygens (including phenoxy) is 1. The Labute approximate surface area is 207 Å². The van der Waals surface area contributed by atoms with Crippen LogP contribution in [0.1, 0.15) is 60.3 Å². The van der Waals surface area contributed by atoms with E-state index in [1.54, 1.807) is 4.90 Å². The molecule has 2 N–H and O–H groups in total. The molecule has 4 aliphatic rings. The van der Waals surface area contributed by atoms with Crippen LogP contribution >= 0.6 is 0 Å². The maximum Gasteiger partial charge on any atom is 0.246 e. The summed E-state index contributed by atoms with van der Waals surface area (Å²) in [7, 11) is 0. The van der Waals surface area contributed by atoms with Crippen molar-refractivity contribution >= 4 is 23.4 Å². The Morgan fingerprint density at radius 2 is 1.74 bits per heavy atom. The molecule has 3 heterocycles. The molecule has 3 amide bonds. The van der Waals surface area contributed by atoms with Crippen molar-refractivity contribution in [3.8, 4) is 0 Å². The topological polar surface area (TPSA) is 87.7 Å². The number of nitrogens with zero attached hydrogens (tertiary/aromatic N) is 1. The molecule has 1 aromatic carbocycles. The number of rotatable bonds is 4. The third kappa shape index (κ3) is 3.79. The second-order valence-corrected chi connectivity index (χ2v) is 12.0. The molecule has 35 heavy (non-hydrogen) atoms. The summed E-state index contributed by atoms with van der Waals surface area (Å²) < 4.78 is 6.60. The number of benzene rings is 1. The fourth-order valence-electron chi connectivity index (χ4n) is 6.64. The molecule has 0 unspecified atom stereocenters. The molecule has 3 aliphatic heterocycles. The lowest BCUT2D eigenvalue weighted by atomic mass is 9.70. The highest BCUT2D eigenvalue weighted by Crippen LogP contribution is 2.60. The molecule has 0 radical (unpaired) electrons. The molecule has 5 rings (SSSR count). The van der Waals surface area contributed by atoms with Gasteiger partial charge in [-0.2, -0.15) is 0 Å². The van der Waals surface area contributed by atoms with Crippen molar-refractivity contribution in [1.29, 1.82) is 0 Å². The lowest BCUT2D eigenvalue weighted by Crippen LogP contribution is -2.58. The Morgan fingerprint density at radius 1 is 1.06 bits per heavy atom. The molecule has 1 saturated carbocycles. The first-order valence-corrected chi connectivity index (χ1v) is 12.9. The van der Waals surface area contributed by atoms with E-state index in [1.165, 1.54) is 6.42 Å². The third-order valence-corrected chi connectivity index (χ3v) is 8.20. The van der Waals surface area contributed by atoms with E-state index in [0.29, 0.717) is 11.6 Å². The summed E-state index contributed by atoms with van der Waals surface area (Å²) in [6, 6.07) is 8.39. The van der Waals surface area contributed by atoms with Gasteiger partial charge in [-0.05, 0) is 58.6 Å². The lowest BCUT2D eigenvalue weighted by Gasteiger charge is -2.35. The number of fused-ring (bicyclic) bond motifs is 1. The van der Waals surface area contributed by atoms with E-state index in [-0.39, 0.29) is 23.8 Å². The van der Waals surface area contributed by atoms with Crippen molar-refractivity contribution in [2.24, 2.45) is 17.8 Å². The number of anilines is 1. The van der Waals surface area contributed by atoms with E-state index in [4.69, 9.17) is 4.74 Å². The smallest absolute Gasteiger partial charge is 0.246 e. The number of para-hydroxylation sites is 1. The summed E-state index contributed by atoms with van der Waals surface area (Å²) in [5.74, 6) is -1.75. The van der Waals surface area contributed by atoms with Gasteiger partial charge in [-0.3, -0.25) is 19.3 Å². The van der Waals surface area contributed by atoms with Gasteiger partial charge in [0.2, 0.25) is 17.7 Å². The lowest BCUT2D eigenvalue weighted by molar-refractivity contribution is -0.135. The first-order chi connectivity index (χ1) is 16.5. The molecule has 2 saturated heterocycles. The zero-order chi connectivity index (χ0) is 25.2. The standard InChI is InChI=1S/C28H37N3O4/c1-17-11-9-10-14-19(17)29-23(32)20-21-25(34)31(18-12-7-6-8-13-18)22(24(33)30-26(2,3)4)28(21)16-15-27(20,5)35-28/h6-8,12-13,15-17,19-22H,9-11,14H2,1-5H3,(H,29,32)(H,30,33)/t17-,19+,20+,21+,22-,27-,28-/m1/s1. The van der Waals surface area contributed by atoms with Gasteiger partial charge in [0.15, 0.2) is 0 Å². The molecule has 7 heteroatoms. The molecule has 188 valence electrons. The highest BCUT2D eigenvalue weighted by molar-refractivity contribution is 6.10. The zero-order valence-electron chi connectivity index (χ0n) is 21.3. The van der Waals surface area contributed by atoms with Crippen molar-refractivity contribution in [3.05, 3.63) is 42.5 Å². The van der Waals surface area contributed by atoms with Crippen molar-refractivity contribution in [2.45, 2.75) is 89.1 Å². The largest absolute Gasteiger partial charge is 0.356 e. The number of carbonyl (C=O) groups is 3. The van der Waals surface area contributed by atoms with Crippen molar-refractivity contribution in [3.63, 3.8) is 0 Å². The molecule has 1 aromatic rings. The summed E-state index contributed by atoms with van der Waals surface area (Å²) in [4.78, 5) is 43.2. The highest BCUT2D eigenvalue weighted by atomic mass is 16.5. The molecule has 7 nitrogen and oxygen atoms in total. The van der Waals surface area contributed by atoms with E-state index >= 15 is 0 Å². The number of hydrogen-bond acceptors (Lipinski definition) is 4. The van der Waals surface area contributed by atoms with E-state index in [0.717, 1.165) is 19.3 Å². The molecule has 7 atom stereocenters. The first-order valence-electron chi connectivity index (χ1n) is 12.9. The van der Waals surface area contributed by atoms with Gasteiger partial charge < -0.3 is 15.4 Å². The quantitative estimate of drug-likeness (QED) is 0.649. The molecule has 2 bridgehead atoms. The number of nitrogens with one attached hydrogen (secondary N) is 2. The average molecular weight is 480 g/mol. The van der Waals surface area contributed by atoms with Gasteiger partial charge in [0, 0.05) is 17.3 Å². The maximum absolute atomic E-state index is 14.1. The predicted octanol–water partition coefficient (Wildman–Crippen LogP) is 3.34. The normalized spacial score (nSPS) is 37.9. The van der Waals surface area contributed by atoms with Gasteiger partial charge in [-0.1, -0.05) is 50.1 Å². The Kier molecular flexibility index (Phi) is 5.62. The van der Waals surface area contributed by atoms with Crippen LogP contribution in [0.5, 0.6) is 0 Å². The summed E-state index contributed by atoms with van der Waals surface area (Å²) in [5, 5.41) is 6.32. The fraction of sp³-hybridized carbons (Fsp3) is 0.607. The third-order valence-electron chi connectivity index (χ3n) is 8.20. The highest BCUT2D eigenvalue weighted by Gasteiger charge is 2.76. The second-order valence-electron chi connectivity index (χ2n) is 12.0. The second kappa shape index (κ2) is 8.19. The van der Waals surface area contributed by atoms with Gasteiger partial charge in [0.1, 0.15) is 11.6 Å². The Balaban J connectivity index is 1.54. The molecular formula is C28H37N3O4. The summed E-state index contributed by atoms with van der Waals surface area (Å²) in [5.41, 5.74) is -2.00. The minimum absolute atomic E-state index is 0.0978. The average Bonchev–Trinajstić information content (AvgIpc) is 3.35. The summed E-state index contributed by atoms with van der Waals surface area (Å²) in [6.07, 6.45) is 8.06. The van der Waals surface area contributed by atoms with Crippen LogP contribution in [0.2, 0.25) is 0 Å². The SMILES string of the molecule is C[C@@H]1CCCC[C@@H]1NC(=O)[C@@H]1[C@H]2C(=O)N(c3ccccc3)[C@H](C(=O)NC(C)(C)C)[C@@]23C=C[C@@]1(C)O3. The van der Waals surface area contributed by atoms with Crippen LogP contribution in [0.4, 0.5) is 5.69 Å². The van der Waals surface area contributed by atoms with Gasteiger partial charge in [-0.15, -0.1) is 0 Å². The Morgan fingerprint density at radius 3 is 2.40 bits per heavy atom. The van der Waals surface area contributed by atoms with Crippen LogP contribution in [-0.4, -0.2) is 46.5 Å². The molecule has 3 fully saturated rings. The van der Waals surface area contributed by atoms with Crippen molar-refractivity contribution in [1.82, 2.24) is 10.6 Å². The van der Waals surface area contributed by atoms with Gasteiger partial charge in [-0.25, -0.2) is 0 Å². The van der Waals surface area contributed by atoms with E-state index in [1.807, 2.05) is 70.2 Å². The van der Waals surface area contributed by atoms with E-state index in [9.17, 15) is 14.4 Å². The molecule has 1 aliphatic carbocycles. The number of carbonyl (C=O) groups excluding carboxylic acids is 3. The van der Waals surface area contributed by atoms with Crippen LogP contribution < -0.4 is 15.5 Å². The van der Waals surface area contributed by atoms with E-state index < -0.39 is 34.6 Å². The molecular weight excluding hydrogens is 442 g/mol. The van der Waals surface area contributed by atoms with Crippen molar-refractivity contribution in [2.75, 3.05) is 4.90 Å². The number of amides is 3. The van der Waals surface area contributed by atoms with Crippen LogP contribution in [-0.2, 0) is 19.1 Å². The molecule has 0 aromatic heterocycles. The summed E-state index contributed by atoms with van der Waals surface area (Å²) in [6.45, 7) is 9.78. The Hall–Kier alpha value is -2.67. The number of hydrogen-bond donors (Lipinski definition) is 2. The molecule has 1 spiro atoms.